The summed E-state index contributed by atoms with van der Waals surface area (Å²) in [6.45, 7) is 9.55. The summed E-state index contributed by atoms with van der Waals surface area (Å²) >= 11 is 0. The van der Waals surface area contributed by atoms with E-state index >= 15 is 0 Å². The van der Waals surface area contributed by atoms with Gasteiger partial charge in [0.15, 0.2) is 0 Å². The number of aryl methyl sites for hydroxylation is 2. The molecule has 0 aliphatic carbocycles. The van der Waals surface area contributed by atoms with Crippen molar-refractivity contribution in [3.63, 3.8) is 0 Å². The molecule has 0 aromatic carbocycles. The number of aromatic nitrogens is 1. The second-order valence-corrected chi connectivity index (χ2v) is 5.70. The number of anilines is 1. The van der Waals surface area contributed by atoms with Gasteiger partial charge in [-0.25, -0.2) is 4.98 Å². The summed E-state index contributed by atoms with van der Waals surface area (Å²) in [7, 11) is 2.17. The van der Waals surface area contributed by atoms with Gasteiger partial charge in [0.1, 0.15) is 5.82 Å². The Hall–Kier alpha value is -1.13. The Morgan fingerprint density at radius 1 is 1.37 bits per heavy atom. The minimum absolute atomic E-state index is 0.0630. The zero-order chi connectivity index (χ0) is 14.0. The molecule has 0 amide bonds. The van der Waals surface area contributed by atoms with E-state index in [2.05, 4.69) is 30.7 Å². The predicted molar refractivity (Wildman–Crippen MR) is 78.6 cm³/mol. The van der Waals surface area contributed by atoms with E-state index in [1.807, 2.05) is 13.0 Å². The lowest BCUT2D eigenvalue weighted by molar-refractivity contribution is 0.280. The number of nitrogens with zero attached hydrogens (tertiary/aromatic N) is 3. The molecule has 0 saturated carbocycles. The molecule has 1 atom stereocenters. The molecule has 19 heavy (non-hydrogen) atoms. The number of hydrogen-bond donors (Lipinski definition) is 1. The number of hydrogen-bond acceptors (Lipinski definition) is 4. The van der Waals surface area contributed by atoms with Gasteiger partial charge < -0.3 is 14.9 Å². The van der Waals surface area contributed by atoms with Gasteiger partial charge in [-0.2, -0.15) is 0 Å². The molecular weight excluding hydrogens is 238 g/mol. The Morgan fingerprint density at radius 3 is 2.79 bits per heavy atom. The van der Waals surface area contributed by atoms with Crippen LogP contribution in [0.4, 0.5) is 5.82 Å². The summed E-state index contributed by atoms with van der Waals surface area (Å²) in [4.78, 5) is 9.42. The Morgan fingerprint density at radius 2 is 2.11 bits per heavy atom. The van der Waals surface area contributed by atoms with Crippen LogP contribution in [0, 0.1) is 13.8 Å². The summed E-state index contributed by atoms with van der Waals surface area (Å²) in [5.41, 5.74) is 3.13. The molecule has 1 N–H and O–H groups in total. The molecule has 0 radical (unpaired) electrons. The van der Waals surface area contributed by atoms with Gasteiger partial charge in [-0.05, 0) is 52.4 Å². The average molecular weight is 263 g/mol. The van der Waals surface area contributed by atoms with Crippen molar-refractivity contribution in [2.45, 2.75) is 39.8 Å². The van der Waals surface area contributed by atoms with E-state index in [4.69, 9.17) is 4.98 Å². The zero-order valence-electron chi connectivity index (χ0n) is 12.5. The van der Waals surface area contributed by atoms with Gasteiger partial charge in [-0.15, -0.1) is 0 Å². The third-order valence-corrected chi connectivity index (χ3v) is 3.93. The van der Waals surface area contributed by atoms with Crippen LogP contribution in [-0.4, -0.2) is 47.7 Å². The van der Waals surface area contributed by atoms with Crippen molar-refractivity contribution >= 4 is 5.82 Å². The van der Waals surface area contributed by atoms with Crippen LogP contribution in [-0.2, 0) is 6.61 Å². The Bertz CT molecular complexity index is 447. The highest BCUT2D eigenvalue weighted by Crippen LogP contribution is 2.26. The van der Waals surface area contributed by atoms with Gasteiger partial charge >= 0.3 is 0 Å². The molecule has 0 spiro atoms. The Balaban J connectivity index is 2.39. The average Bonchev–Trinajstić information content (AvgIpc) is 2.49. The number of aliphatic hydroxyl groups excluding tert-OH is 1. The van der Waals surface area contributed by atoms with Crippen LogP contribution in [0.2, 0.25) is 0 Å². The van der Waals surface area contributed by atoms with Crippen LogP contribution in [0.3, 0.4) is 0 Å². The largest absolute Gasteiger partial charge is 0.392 e. The Kier molecular flexibility index (Phi) is 4.42. The monoisotopic (exact) mass is 263 g/mol. The van der Waals surface area contributed by atoms with E-state index < -0.39 is 0 Å². The third kappa shape index (κ3) is 3.07. The van der Waals surface area contributed by atoms with Crippen molar-refractivity contribution in [1.82, 2.24) is 9.88 Å². The minimum Gasteiger partial charge on any atom is -0.392 e. The van der Waals surface area contributed by atoms with E-state index in [0.717, 1.165) is 48.7 Å². The van der Waals surface area contributed by atoms with Crippen molar-refractivity contribution in [3.8, 4) is 0 Å². The standard InChI is InChI=1S/C15H25N3O/c1-11-8-12(2)16-15(14(11)10-19)18-7-5-6-17(4)9-13(18)3/h8,13,19H,5-7,9-10H2,1-4H3. The topological polar surface area (TPSA) is 39.6 Å². The molecule has 4 heteroatoms. The highest BCUT2D eigenvalue weighted by molar-refractivity contribution is 5.52. The van der Waals surface area contributed by atoms with E-state index in [1.165, 1.54) is 0 Å². The minimum atomic E-state index is 0.0630. The highest BCUT2D eigenvalue weighted by atomic mass is 16.3. The van der Waals surface area contributed by atoms with Crippen LogP contribution in [0.25, 0.3) is 0 Å². The smallest absolute Gasteiger partial charge is 0.134 e. The summed E-state index contributed by atoms with van der Waals surface area (Å²) in [5, 5.41) is 9.65. The lowest BCUT2D eigenvalue weighted by Crippen LogP contribution is -2.39. The van der Waals surface area contributed by atoms with Crippen LogP contribution < -0.4 is 4.90 Å². The van der Waals surface area contributed by atoms with Crippen molar-refractivity contribution in [1.29, 1.82) is 0 Å². The summed E-state index contributed by atoms with van der Waals surface area (Å²) in [6.07, 6.45) is 1.14. The maximum atomic E-state index is 9.65. The molecule has 1 aromatic rings. The number of aliphatic hydroxyl groups is 1. The quantitative estimate of drug-likeness (QED) is 0.882. The predicted octanol–water partition coefficient (Wildman–Crippen LogP) is 1.72. The molecule has 2 rings (SSSR count). The fourth-order valence-corrected chi connectivity index (χ4v) is 2.96. The first-order chi connectivity index (χ1) is 9.02. The molecule has 1 unspecified atom stereocenters. The van der Waals surface area contributed by atoms with Gasteiger partial charge in [-0.1, -0.05) is 0 Å². The number of likely N-dealkylation sites (N-methyl/N-ethyl adjacent to an activating group) is 1. The van der Waals surface area contributed by atoms with Crippen LogP contribution in [0.5, 0.6) is 0 Å². The van der Waals surface area contributed by atoms with Crippen LogP contribution in [0.15, 0.2) is 6.07 Å². The zero-order valence-corrected chi connectivity index (χ0v) is 12.5. The first-order valence-electron chi connectivity index (χ1n) is 7.06. The third-order valence-electron chi connectivity index (χ3n) is 3.93. The van der Waals surface area contributed by atoms with Crippen molar-refractivity contribution < 1.29 is 5.11 Å². The van der Waals surface area contributed by atoms with Gasteiger partial charge in [-0.3, -0.25) is 0 Å². The molecule has 0 bridgehead atoms. The number of pyridine rings is 1. The molecule has 106 valence electrons. The molecule has 1 aliphatic rings. The molecule has 1 fully saturated rings. The molecule has 2 heterocycles. The first kappa shape index (κ1) is 14.3. The summed E-state index contributed by atoms with van der Waals surface area (Å²) in [6, 6.07) is 2.47. The van der Waals surface area contributed by atoms with Gasteiger partial charge in [0.2, 0.25) is 0 Å². The molecular formula is C15H25N3O. The molecule has 1 aromatic heterocycles. The highest BCUT2D eigenvalue weighted by Gasteiger charge is 2.23. The second kappa shape index (κ2) is 5.88. The fourth-order valence-electron chi connectivity index (χ4n) is 2.96. The van der Waals surface area contributed by atoms with Crippen LogP contribution >= 0.6 is 0 Å². The Labute approximate surface area is 116 Å². The molecule has 4 nitrogen and oxygen atoms in total. The number of rotatable bonds is 2. The van der Waals surface area contributed by atoms with Gasteiger partial charge in [0.25, 0.3) is 0 Å². The summed E-state index contributed by atoms with van der Waals surface area (Å²) < 4.78 is 0. The maximum absolute atomic E-state index is 9.65. The SMILES string of the molecule is Cc1cc(C)c(CO)c(N2CCCN(C)CC2C)n1. The lowest BCUT2D eigenvalue weighted by Gasteiger charge is -2.31. The van der Waals surface area contributed by atoms with Crippen molar-refractivity contribution in [3.05, 3.63) is 22.9 Å². The van der Waals surface area contributed by atoms with E-state index in [0.29, 0.717) is 6.04 Å². The van der Waals surface area contributed by atoms with E-state index in [-0.39, 0.29) is 6.61 Å². The molecule has 1 saturated heterocycles. The normalized spacial score (nSPS) is 21.5. The maximum Gasteiger partial charge on any atom is 0.134 e. The van der Waals surface area contributed by atoms with E-state index in [9.17, 15) is 5.11 Å². The lowest BCUT2D eigenvalue weighted by atomic mass is 10.1. The van der Waals surface area contributed by atoms with Gasteiger partial charge in [0, 0.05) is 30.4 Å². The second-order valence-electron chi connectivity index (χ2n) is 5.70. The first-order valence-corrected chi connectivity index (χ1v) is 7.06. The molecule has 1 aliphatic heterocycles. The summed E-state index contributed by atoms with van der Waals surface area (Å²) in [5.74, 6) is 0.975. The van der Waals surface area contributed by atoms with Crippen LogP contribution in [0.1, 0.15) is 30.2 Å². The van der Waals surface area contributed by atoms with Crippen molar-refractivity contribution in [2.75, 3.05) is 31.6 Å². The van der Waals surface area contributed by atoms with Crippen molar-refractivity contribution in [2.24, 2.45) is 0 Å². The van der Waals surface area contributed by atoms with Gasteiger partial charge in [0.05, 0.1) is 6.61 Å². The van der Waals surface area contributed by atoms with E-state index in [1.54, 1.807) is 0 Å². The fraction of sp³-hybridized carbons (Fsp3) is 0.667.